The highest BCUT2D eigenvalue weighted by Gasteiger charge is 2.36. The number of para-hydroxylation sites is 1. The van der Waals surface area contributed by atoms with Gasteiger partial charge in [0.25, 0.3) is 0 Å². The first kappa shape index (κ1) is 18.5. The predicted molar refractivity (Wildman–Crippen MR) is 104 cm³/mol. The standard InChI is InChI=1S/C22H23FN2O3/c1-27-21-5-3-2-4-19(21)20-12-18(28-24-20)14-25(22(26)16-8-9-16)13-15-6-10-17(23)11-7-15/h2-7,10-11,16,18H,8-9,12-14H2,1H3/t18-/m1/s1. The van der Waals surface area contributed by atoms with E-state index in [1.807, 2.05) is 29.2 Å². The number of halogens is 1. The molecule has 146 valence electrons. The second-order valence-electron chi connectivity index (χ2n) is 7.29. The topological polar surface area (TPSA) is 51.1 Å². The lowest BCUT2D eigenvalue weighted by Gasteiger charge is -2.25. The maximum atomic E-state index is 13.2. The normalized spacial score (nSPS) is 18.4. The van der Waals surface area contributed by atoms with Gasteiger partial charge in [-0.25, -0.2) is 4.39 Å². The molecule has 0 N–H and O–H groups in total. The van der Waals surface area contributed by atoms with Crippen molar-refractivity contribution in [3.8, 4) is 5.75 Å². The van der Waals surface area contributed by atoms with Crippen molar-refractivity contribution >= 4 is 11.6 Å². The summed E-state index contributed by atoms with van der Waals surface area (Å²) in [6, 6.07) is 14.0. The first-order chi connectivity index (χ1) is 13.6. The molecule has 2 aromatic carbocycles. The summed E-state index contributed by atoms with van der Waals surface area (Å²) in [5.74, 6) is 0.718. The number of benzene rings is 2. The van der Waals surface area contributed by atoms with Gasteiger partial charge in [0.15, 0.2) is 6.10 Å². The van der Waals surface area contributed by atoms with Gasteiger partial charge in [0, 0.05) is 24.4 Å². The molecule has 0 bridgehead atoms. The number of ether oxygens (including phenoxy) is 1. The molecule has 1 fully saturated rings. The number of amides is 1. The van der Waals surface area contributed by atoms with Crippen molar-refractivity contribution in [2.24, 2.45) is 11.1 Å². The number of carbonyl (C=O) groups is 1. The van der Waals surface area contributed by atoms with Crippen LogP contribution in [-0.2, 0) is 16.2 Å². The lowest BCUT2D eigenvalue weighted by Crippen LogP contribution is -2.38. The summed E-state index contributed by atoms with van der Waals surface area (Å²) in [5, 5.41) is 4.24. The molecule has 1 aliphatic carbocycles. The first-order valence-corrected chi connectivity index (χ1v) is 9.53. The van der Waals surface area contributed by atoms with E-state index < -0.39 is 0 Å². The largest absolute Gasteiger partial charge is 0.496 e. The SMILES string of the molecule is COc1ccccc1C1=NO[C@@H](CN(Cc2ccc(F)cc2)C(=O)C2CC2)C1. The number of nitrogens with zero attached hydrogens (tertiary/aromatic N) is 2. The average molecular weight is 382 g/mol. The van der Waals surface area contributed by atoms with Crippen molar-refractivity contribution < 1.29 is 18.8 Å². The van der Waals surface area contributed by atoms with E-state index in [-0.39, 0.29) is 23.7 Å². The third-order valence-corrected chi connectivity index (χ3v) is 5.10. The number of carbonyl (C=O) groups excluding carboxylic acids is 1. The van der Waals surface area contributed by atoms with Gasteiger partial charge in [-0.15, -0.1) is 0 Å². The van der Waals surface area contributed by atoms with Crippen LogP contribution in [0.25, 0.3) is 0 Å². The van der Waals surface area contributed by atoms with E-state index in [1.54, 1.807) is 19.2 Å². The smallest absolute Gasteiger partial charge is 0.226 e. The van der Waals surface area contributed by atoms with Crippen LogP contribution in [0.1, 0.15) is 30.4 Å². The van der Waals surface area contributed by atoms with E-state index in [9.17, 15) is 9.18 Å². The molecule has 2 aromatic rings. The summed E-state index contributed by atoms with van der Waals surface area (Å²) >= 11 is 0. The van der Waals surface area contributed by atoms with Crippen LogP contribution in [0.4, 0.5) is 4.39 Å². The van der Waals surface area contributed by atoms with Gasteiger partial charge in [0.1, 0.15) is 11.6 Å². The molecule has 1 amide bonds. The van der Waals surface area contributed by atoms with Crippen LogP contribution in [0, 0.1) is 11.7 Å². The minimum Gasteiger partial charge on any atom is -0.496 e. The Kier molecular flexibility index (Phi) is 5.28. The molecule has 0 spiro atoms. The molecular formula is C22H23FN2O3. The fourth-order valence-electron chi connectivity index (χ4n) is 3.45. The number of methoxy groups -OCH3 is 1. The summed E-state index contributed by atoms with van der Waals surface area (Å²) in [4.78, 5) is 20.2. The van der Waals surface area contributed by atoms with Gasteiger partial charge in [0.05, 0.1) is 19.4 Å². The van der Waals surface area contributed by atoms with Crippen LogP contribution >= 0.6 is 0 Å². The summed E-state index contributed by atoms with van der Waals surface area (Å²) < 4.78 is 18.6. The molecule has 1 aliphatic heterocycles. The highest BCUT2D eigenvalue weighted by atomic mass is 19.1. The Labute approximate surface area is 163 Å². The number of hydrogen-bond acceptors (Lipinski definition) is 4. The van der Waals surface area contributed by atoms with E-state index in [0.29, 0.717) is 19.5 Å². The lowest BCUT2D eigenvalue weighted by molar-refractivity contribution is -0.135. The van der Waals surface area contributed by atoms with Crippen molar-refractivity contribution in [3.05, 3.63) is 65.5 Å². The van der Waals surface area contributed by atoms with Crippen molar-refractivity contribution in [3.63, 3.8) is 0 Å². The van der Waals surface area contributed by atoms with Crippen LogP contribution in [-0.4, -0.2) is 36.3 Å². The van der Waals surface area contributed by atoms with Gasteiger partial charge in [-0.1, -0.05) is 29.4 Å². The maximum Gasteiger partial charge on any atom is 0.226 e. The van der Waals surface area contributed by atoms with Crippen LogP contribution < -0.4 is 4.74 Å². The molecule has 0 aromatic heterocycles. The quantitative estimate of drug-likeness (QED) is 0.733. The van der Waals surface area contributed by atoms with E-state index in [1.165, 1.54) is 12.1 Å². The molecule has 0 unspecified atom stereocenters. The third-order valence-electron chi connectivity index (χ3n) is 5.10. The maximum absolute atomic E-state index is 13.2. The monoisotopic (exact) mass is 382 g/mol. The average Bonchev–Trinajstić information content (AvgIpc) is 3.47. The molecule has 6 heteroatoms. The van der Waals surface area contributed by atoms with Crippen LogP contribution in [0.2, 0.25) is 0 Å². The highest BCUT2D eigenvalue weighted by molar-refractivity contribution is 6.03. The van der Waals surface area contributed by atoms with Gasteiger partial charge in [-0.2, -0.15) is 0 Å². The molecule has 4 rings (SSSR count). The van der Waals surface area contributed by atoms with E-state index >= 15 is 0 Å². The van der Waals surface area contributed by atoms with Gasteiger partial charge < -0.3 is 14.5 Å². The molecule has 5 nitrogen and oxygen atoms in total. The molecule has 0 radical (unpaired) electrons. The van der Waals surface area contributed by atoms with Gasteiger partial charge in [0.2, 0.25) is 5.91 Å². The van der Waals surface area contributed by atoms with Gasteiger partial charge in [-0.3, -0.25) is 4.79 Å². The zero-order valence-corrected chi connectivity index (χ0v) is 15.8. The molecule has 2 aliphatic rings. The Morgan fingerprint density at radius 2 is 1.96 bits per heavy atom. The molecule has 1 saturated carbocycles. The summed E-state index contributed by atoms with van der Waals surface area (Å²) in [6.45, 7) is 0.897. The first-order valence-electron chi connectivity index (χ1n) is 9.53. The summed E-state index contributed by atoms with van der Waals surface area (Å²) in [5.41, 5.74) is 2.63. The Balaban J connectivity index is 1.44. The minimum atomic E-state index is -0.280. The zero-order chi connectivity index (χ0) is 19.5. The van der Waals surface area contributed by atoms with Gasteiger partial charge >= 0.3 is 0 Å². The lowest BCUT2D eigenvalue weighted by atomic mass is 10.0. The molecule has 1 heterocycles. The fourth-order valence-corrected chi connectivity index (χ4v) is 3.45. The Bertz CT molecular complexity index is 878. The van der Waals surface area contributed by atoms with Crippen molar-refractivity contribution in [2.45, 2.75) is 31.9 Å². The Morgan fingerprint density at radius 1 is 1.21 bits per heavy atom. The molecular weight excluding hydrogens is 359 g/mol. The number of rotatable bonds is 7. The zero-order valence-electron chi connectivity index (χ0n) is 15.8. The fraction of sp³-hybridized carbons (Fsp3) is 0.364. The summed E-state index contributed by atoms with van der Waals surface area (Å²) in [6.07, 6.45) is 2.28. The second-order valence-corrected chi connectivity index (χ2v) is 7.29. The van der Waals surface area contributed by atoms with E-state index in [2.05, 4.69) is 5.16 Å². The minimum absolute atomic E-state index is 0.108. The van der Waals surface area contributed by atoms with Crippen LogP contribution in [0.3, 0.4) is 0 Å². The van der Waals surface area contributed by atoms with Crippen molar-refractivity contribution in [1.82, 2.24) is 4.90 Å². The Morgan fingerprint density at radius 3 is 2.68 bits per heavy atom. The van der Waals surface area contributed by atoms with Crippen LogP contribution in [0.15, 0.2) is 53.7 Å². The summed E-state index contributed by atoms with van der Waals surface area (Å²) in [7, 11) is 1.63. The molecule has 0 saturated heterocycles. The molecule has 28 heavy (non-hydrogen) atoms. The van der Waals surface area contributed by atoms with Gasteiger partial charge in [-0.05, 0) is 42.7 Å². The molecule has 1 atom stereocenters. The second kappa shape index (κ2) is 8.00. The predicted octanol–water partition coefficient (Wildman–Crippen LogP) is 3.77. The van der Waals surface area contributed by atoms with Crippen LogP contribution in [0.5, 0.6) is 5.75 Å². The number of hydrogen-bond donors (Lipinski definition) is 0. The van der Waals surface area contributed by atoms with E-state index in [4.69, 9.17) is 9.57 Å². The Hall–Kier alpha value is -2.89. The number of oxime groups is 1. The third kappa shape index (κ3) is 4.16. The van der Waals surface area contributed by atoms with E-state index in [0.717, 1.165) is 35.4 Å². The van der Waals surface area contributed by atoms with Crippen molar-refractivity contribution in [2.75, 3.05) is 13.7 Å². The highest BCUT2D eigenvalue weighted by Crippen LogP contribution is 2.32. The van der Waals surface area contributed by atoms with Crippen molar-refractivity contribution in [1.29, 1.82) is 0 Å².